The topological polar surface area (TPSA) is 41.1 Å². The molecule has 0 saturated heterocycles. The van der Waals surface area contributed by atoms with Crippen molar-refractivity contribution in [2.24, 2.45) is 5.92 Å². The third kappa shape index (κ3) is 3.44. The minimum absolute atomic E-state index is 0.0863. The molecule has 4 rings (SSSR count). The van der Waals surface area contributed by atoms with Crippen LogP contribution in [-0.2, 0) is 17.5 Å². The highest BCUT2D eigenvalue weighted by Gasteiger charge is 2.42. The molecule has 3 atom stereocenters. The number of hydrogen-bond donors (Lipinski definition) is 2. The number of rotatable bonds is 3. The standard InChI is InChI=1S/C21H19F3N2O/c22-21(23,24)14-9-10-18-17(11-14)15-7-4-8-16(15)19(26-18)20(27)25-12-13-5-2-1-3-6-13/h1-7,9-11,15-16,19,26H,8,12H2,(H,25,27). The Morgan fingerprint density at radius 1 is 1.15 bits per heavy atom. The van der Waals surface area contributed by atoms with Gasteiger partial charge in [-0.25, -0.2) is 0 Å². The van der Waals surface area contributed by atoms with Crippen molar-refractivity contribution in [3.8, 4) is 0 Å². The first-order valence-corrected chi connectivity index (χ1v) is 8.89. The number of fused-ring (bicyclic) bond motifs is 3. The fraction of sp³-hybridized carbons (Fsp3) is 0.286. The molecule has 1 amide bonds. The second kappa shape index (κ2) is 6.76. The van der Waals surface area contributed by atoms with E-state index in [1.807, 2.05) is 42.5 Å². The number of nitrogens with one attached hydrogen (secondary N) is 2. The van der Waals surface area contributed by atoms with Gasteiger partial charge in [0.05, 0.1) is 5.56 Å². The molecule has 0 bridgehead atoms. The second-order valence-corrected chi connectivity index (χ2v) is 6.98. The van der Waals surface area contributed by atoms with Gasteiger partial charge in [-0.3, -0.25) is 4.79 Å². The van der Waals surface area contributed by atoms with E-state index < -0.39 is 17.8 Å². The summed E-state index contributed by atoms with van der Waals surface area (Å²) >= 11 is 0. The Bertz CT molecular complexity index is 877. The van der Waals surface area contributed by atoms with Crippen LogP contribution in [0.4, 0.5) is 18.9 Å². The molecule has 0 spiro atoms. The molecule has 1 heterocycles. The Morgan fingerprint density at radius 2 is 1.93 bits per heavy atom. The Balaban J connectivity index is 1.56. The lowest BCUT2D eigenvalue weighted by molar-refractivity contribution is -0.137. The van der Waals surface area contributed by atoms with Crippen molar-refractivity contribution in [1.82, 2.24) is 5.32 Å². The minimum atomic E-state index is -4.38. The summed E-state index contributed by atoms with van der Waals surface area (Å²) < 4.78 is 39.2. The summed E-state index contributed by atoms with van der Waals surface area (Å²) in [5, 5.41) is 6.10. The Hall–Kier alpha value is -2.76. The van der Waals surface area contributed by atoms with E-state index in [2.05, 4.69) is 10.6 Å². The maximum absolute atomic E-state index is 13.1. The maximum atomic E-state index is 13.1. The van der Waals surface area contributed by atoms with Gasteiger partial charge in [0.1, 0.15) is 6.04 Å². The van der Waals surface area contributed by atoms with Crippen LogP contribution >= 0.6 is 0 Å². The van der Waals surface area contributed by atoms with Crippen molar-refractivity contribution < 1.29 is 18.0 Å². The van der Waals surface area contributed by atoms with Crippen molar-refractivity contribution in [3.63, 3.8) is 0 Å². The van der Waals surface area contributed by atoms with Gasteiger partial charge < -0.3 is 10.6 Å². The molecule has 2 N–H and O–H groups in total. The van der Waals surface area contributed by atoms with Gasteiger partial charge in [0.25, 0.3) is 0 Å². The molecular formula is C21H19F3N2O. The molecule has 2 aromatic carbocycles. The average Bonchev–Trinajstić information content (AvgIpc) is 3.15. The highest BCUT2D eigenvalue weighted by molar-refractivity contribution is 5.87. The largest absolute Gasteiger partial charge is 0.416 e. The van der Waals surface area contributed by atoms with E-state index in [0.717, 1.165) is 11.6 Å². The van der Waals surface area contributed by atoms with Gasteiger partial charge in [-0.15, -0.1) is 0 Å². The lowest BCUT2D eigenvalue weighted by Gasteiger charge is -2.36. The first-order valence-electron chi connectivity index (χ1n) is 8.89. The smallest absolute Gasteiger partial charge is 0.373 e. The van der Waals surface area contributed by atoms with E-state index in [4.69, 9.17) is 0 Å². The molecule has 2 aromatic rings. The lowest BCUT2D eigenvalue weighted by Crippen LogP contribution is -2.47. The number of carbonyl (C=O) groups is 1. The van der Waals surface area contributed by atoms with E-state index in [0.29, 0.717) is 24.2 Å². The number of carbonyl (C=O) groups excluding carboxylic acids is 1. The quantitative estimate of drug-likeness (QED) is 0.781. The molecule has 0 saturated carbocycles. The fourth-order valence-electron chi connectivity index (χ4n) is 3.93. The van der Waals surface area contributed by atoms with Crippen LogP contribution in [0.3, 0.4) is 0 Å². The van der Waals surface area contributed by atoms with E-state index in [1.165, 1.54) is 12.1 Å². The van der Waals surface area contributed by atoms with Crippen LogP contribution in [-0.4, -0.2) is 11.9 Å². The summed E-state index contributed by atoms with van der Waals surface area (Å²) in [4.78, 5) is 12.8. The first-order chi connectivity index (χ1) is 12.9. The van der Waals surface area contributed by atoms with E-state index >= 15 is 0 Å². The van der Waals surface area contributed by atoms with Crippen molar-refractivity contribution in [1.29, 1.82) is 0 Å². The van der Waals surface area contributed by atoms with Gasteiger partial charge in [0.2, 0.25) is 5.91 Å². The van der Waals surface area contributed by atoms with Crippen LogP contribution in [0.5, 0.6) is 0 Å². The van der Waals surface area contributed by atoms with Crippen molar-refractivity contribution in [2.75, 3.05) is 5.32 Å². The summed E-state index contributed by atoms with van der Waals surface area (Å²) in [6.45, 7) is 0.419. The monoisotopic (exact) mass is 372 g/mol. The lowest BCUT2D eigenvalue weighted by atomic mass is 9.78. The summed E-state index contributed by atoms with van der Waals surface area (Å²) in [7, 11) is 0. The summed E-state index contributed by atoms with van der Waals surface area (Å²) in [5.41, 5.74) is 1.54. The maximum Gasteiger partial charge on any atom is 0.416 e. The van der Waals surface area contributed by atoms with Gasteiger partial charge in [0, 0.05) is 24.1 Å². The molecule has 6 heteroatoms. The SMILES string of the molecule is O=C(NCc1ccccc1)C1Nc2ccc(C(F)(F)F)cc2C2C=CCC12. The molecule has 3 unspecified atom stereocenters. The van der Waals surface area contributed by atoms with Gasteiger partial charge in [-0.05, 0) is 35.7 Å². The highest BCUT2D eigenvalue weighted by Crippen LogP contribution is 2.46. The Kier molecular flexibility index (Phi) is 4.42. The summed E-state index contributed by atoms with van der Waals surface area (Å²) in [6, 6.07) is 12.8. The molecular weight excluding hydrogens is 353 g/mol. The van der Waals surface area contributed by atoms with Gasteiger partial charge in [0.15, 0.2) is 0 Å². The van der Waals surface area contributed by atoms with Gasteiger partial charge in [-0.1, -0.05) is 42.5 Å². The van der Waals surface area contributed by atoms with E-state index in [1.54, 1.807) is 0 Å². The summed E-state index contributed by atoms with van der Waals surface area (Å²) in [6.07, 6.45) is 0.152. The van der Waals surface area contributed by atoms with Crippen LogP contribution in [0.25, 0.3) is 0 Å². The third-order valence-corrected chi connectivity index (χ3v) is 5.28. The zero-order valence-electron chi connectivity index (χ0n) is 14.5. The predicted molar refractivity (Wildman–Crippen MR) is 97.1 cm³/mol. The molecule has 0 aromatic heterocycles. The zero-order chi connectivity index (χ0) is 19.0. The van der Waals surface area contributed by atoms with E-state index in [-0.39, 0.29) is 17.7 Å². The normalized spacial score (nSPS) is 23.3. The molecule has 0 radical (unpaired) electrons. The molecule has 3 nitrogen and oxygen atoms in total. The Labute approximate surface area is 155 Å². The minimum Gasteiger partial charge on any atom is -0.373 e. The highest BCUT2D eigenvalue weighted by atomic mass is 19.4. The predicted octanol–water partition coefficient (Wildman–Crippen LogP) is 4.48. The number of anilines is 1. The van der Waals surface area contributed by atoms with Crippen molar-refractivity contribution >= 4 is 11.6 Å². The molecule has 1 aliphatic carbocycles. The van der Waals surface area contributed by atoms with Crippen LogP contribution in [0.15, 0.2) is 60.7 Å². The van der Waals surface area contributed by atoms with Crippen molar-refractivity contribution in [3.05, 3.63) is 77.4 Å². The number of amides is 1. The van der Waals surface area contributed by atoms with E-state index in [9.17, 15) is 18.0 Å². The van der Waals surface area contributed by atoms with Gasteiger partial charge >= 0.3 is 6.18 Å². The summed E-state index contributed by atoms with van der Waals surface area (Å²) in [5.74, 6) is -0.407. The molecule has 2 aliphatic rings. The first kappa shape index (κ1) is 17.6. The number of allylic oxidation sites excluding steroid dienone is 2. The van der Waals surface area contributed by atoms with Crippen LogP contribution in [0.1, 0.15) is 29.0 Å². The number of hydrogen-bond acceptors (Lipinski definition) is 2. The van der Waals surface area contributed by atoms with Gasteiger partial charge in [-0.2, -0.15) is 13.2 Å². The fourth-order valence-corrected chi connectivity index (χ4v) is 3.93. The third-order valence-electron chi connectivity index (χ3n) is 5.28. The van der Waals surface area contributed by atoms with Crippen LogP contribution in [0.2, 0.25) is 0 Å². The molecule has 140 valence electrons. The van der Waals surface area contributed by atoms with Crippen LogP contribution < -0.4 is 10.6 Å². The molecule has 0 fully saturated rings. The molecule has 1 aliphatic heterocycles. The zero-order valence-corrected chi connectivity index (χ0v) is 14.5. The number of halogens is 3. The molecule has 27 heavy (non-hydrogen) atoms. The van der Waals surface area contributed by atoms with Crippen LogP contribution in [0, 0.1) is 5.92 Å². The van der Waals surface area contributed by atoms with Crippen molar-refractivity contribution in [2.45, 2.75) is 31.1 Å². The number of benzene rings is 2. The second-order valence-electron chi connectivity index (χ2n) is 6.98. The number of alkyl halides is 3. The average molecular weight is 372 g/mol. The Morgan fingerprint density at radius 3 is 2.67 bits per heavy atom.